The van der Waals surface area contributed by atoms with Gasteiger partial charge in [0.25, 0.3) is 0 Å². The third-order valence-corrected chi connectivity index (χ3v) is 2.56. The number of halogens is 2. The monoisotopic (exact) mass is 264 g/mol. The zero-order valence-electron chi connectivity index (χ0n) is 10.1. The van der Waals surface area contributed by atoms with E-state index in [-0.39, 0.29) is 5.69 Å². The topological polar surface area (TPSA) is 52.0 Å². The zero-order chi connectivity index (χ0) is 14.0. The molecule has 0 N–H and O–H groups in total. The van der Waals surface area contributed by atoms with E-state index in [4.69, 9.17) is 0 Å². The van der Waals surface area contributed by atoms with Gasteiger partial charge in [0.2, 0.25) is 0 Å². The molecule has 0 saturated carbocycles. The van der Waals surface area contributed by atoms with E-state index in [0.29, 0.717) is 0 Å². The molecule has 2 rings (SSSR count). The predicted molar refractivity (Wildman–Crippen MR) is 62.8 cm³/mol. The number of aryl methyl sites for hydroxylation is 1. The number of hydrogen-bond acceptors (Lipinski definition) is 3. The summed E-state index contributed by atoms with van der Waals surface area (Å²) in [5, 5.41) is 3.83. The first-order chi connectivity index (χ1) is 8.99. The molecule has 0 bridgehead atoms. The first-order valence-corrected chi connectivity index (χ1v) is 5.49. The highest BCUT2D eigenvalue weighted by molar-refractivity contribution is 6.13. The van der Waals surface area contributed by atoms with Crippen molar-refractivity contribution in [2.45, 2.75) is 6.42 Å². The van der Waals surface area contributed by atoms with E-state index in [0.717, 1.165) is 18.2 Å². The van der Waals surface area contributed by atoms with Crippen LogP contribution in [-0.2, 0) is 7.05 Å². The molecular weight excluding hydrogens is 254 g/mol. The number of carbonyl (C=O) groups is 2. The number of aromatic nitrogens is 2. The van der Waals surface area contributed by atoms with Gasteiger partial charge in [-0.05, 0) is 18.2 Å². The molecule has 0 aliphatic rings. The molecule has 0 unspecified atom stereocenters. The van der Waals surface area contributed by atoms with E-state index in [1.54, 1.807) is 13.2 Å². The third-order valence-electron chi connectivity index (χ3n) is 2.56. The normalized spacial score (nSPS) is 10.5. The van der Waals surface area contributed by atoms with E-state index in [1.165, 1.54) is 10.7 Å². The number of benzene rings is 1. The summed E-state index contributed by atoms with van der Waals surface area (Å²) in [6, 6.07) is 4.54. The second-order valence-electron chi connectivity index (χ2n) is 3.99. The van der Waals surface area contributed by atoms with Crippen LogP contribution in [0.1, 0.15) is 27.3 Å². The molecule has 0 atom stereocenters. The Morgan fingerprint density at radius 3 is 2.32 bits per heavy atom. The molecule has 0 amide bonds. The van der Waals surface area contributed by atoms with Crippen LogP contribution in [0.25, 0.3) is 0 Å². The molecule has 0 saturated heterocycles. The fourth-order valence-electron chi connectivity index (χ4n) is 1.65. The maximum absolute atomic E-state index is 13.4. The number of Topliss-reactive ketones (excluding diaryl/α,β-unsaturated/α-hetero) is 2. The van der Waals surface area contributed by atoms with Crippen LogP contribution in [-0.4, -0.2) is 21.3 Å². The van der Waals surface area contributed by atoms with E-state index in [2.05, 4.69) is 5.10 Å². The van der Waals surface area contributed by atoms with Crippen LogP contribution in [0.4, 0.5) is 8.78 Å². The molecular formula is C13H10F2N2O2. The Morgan fingerprint density at radius 1 is 1.16 bits per heavy atom. The van der Waals surface area contributed by atoms with Gasteiger partial charge in [-0.2, -0.15) is 5.10 Å². The molecule has 19 heavy (non-hydrogen) atoms. The minimum absolute atomic E-state index is 0.0904. The fourth-order valence-corrected chi connectivity index (χ4v) is 1.65. The summed E-state index contributed by atoms with van der Waals surface area (Å²) in [5.74, 6) is -3.42. The van der Waals surface area contributed by atoms with Crippen LogP contribution in [0.3, 0.4) is 0 Å². The third kappa shape index (κ3) is 2.73. The quantitative estimate of drug-likeness (QED) is 0.628. The smallest absolute Gasteiger partial charge is 0.190 e. The lowest BCUT2D eigenvalue weighted by Gasteiger charge is -2.02. The van der Waals surface area contributed by atoms with E-state index in [1.807, 2.05) is 0 Å². The Morgan fingerprint density at radius 2 is 1.79 bits per heavy atom. The molecule has 1 aromatic heterocycles. The lowest BCUT2D eigenvalue weighted by molar-refractivity contribution is 0.0887. The van der Waals surface area contributed by atoms with Crippen LogP contribution in [0.2, 0.25) is 0 Å². The van der Waals surface area contributed by atoms with E-state index in [9.17, 15) is 18.4 Å². The van der Waals surface area contributed by atoms with E-state index >= 15 is 0 Å². The average molecular weight is 264 g/mol. The summed E-state index contributed by atoms with van der Waals surface area (Å²) in [6.07, 6.45) is 0.927. The highest BCUT2D eigenvalue weighted by atomic mass is 19.1. The van der Waals surface area contributed by atoms with Gasteiger partial charge in [-0.1, -0.05) is 6.07 Å². The van der Waals surface area contributed by atoms with Crippen molar-refractivity contribution < 1.29 is 18.4 Å². The summed E-state index contributed by atoms with van der Waals surface area (Å²) in [4.78, 5) is 23.5. The molecule has 6 heteroatoms. The van der Waals surface area contributed by atoms with Crippen molar-refractivity contribution >= 4 is 11.6 Å². The van der Waals surface area contributed by atoms with Crippen molar-refractivity contribution in [3.8, 4) is 0 Å². The maximum Gasteiger partial charge on any atom is 0.190 e. The molecule has 98 valence electrons. The van der Waals surface area contributed by atoms with Crippen molar-refractivity contribution in [3.63, 3.8) is 0 Å². The fraction of sp³-hybridized carbons (Fsp3) is 0.154. The van der Waals surface area contributed by atoms with Crippen molar-refractivity contribution in [1.29, 1.82) is 0 Å². The van der Waals surface area contributed by atoms with Crippen LogP contribution >= 0.6 is 0 Å². The predicted octanol–water partition coefficient (Wildman–Crippen LogP) is 2.15. The summed E-state index contributed by atoms with van der Waals surface area (Å²) >= 11 is 0. The first kappa shape index (κ1) is 13.1. The molecule has 4 nitrogen and oxygen atoms in total. The molecule has 2 aromatic rings. The first-order valence-electron chi connectivity index (χ1n) is 5.49. The van der Waals surface area contributed by atoms with Crippen LogP contribution < -0.4 is 0 Å². The van der Waals surface area contributed by atoms with Crippen molar-refractivity contribution in [2.75, 3.05) is 0 Å². The number of carbonyl (C=O) groups excluding carboxylic acids is 2. The van der Waals surface area contributed by atoms with Gasteiger partial charge in [0.15, 0.2) is 11.6 Å². The number of nitrogens with zero attached hydrogens (tertiary/aromatic N) is 2. The molecule has 1 heterocycles. The minimum atomic E-state index is -0.973. The van der Waals surface area contributed by atoms with Gasteiger partial charge in [0.1, 0.15) is 17.3 Å². The summed E-state index contributed by atoms with van der Waals surface area (Å²) in [7, 11) is 1.62. The number of hydrogen-bond donors (Lipinski definition) is 0. The maximum atomic E-state index is 13.4. The Bertz CT molecular complexity index is 630. The highest BCUT2D eigenvalue weighted by Gasteiger charge is 2.21. The summed E-state index contributed by atoms with van der Waals surface area (Å²) in [6.45, 7) is 0. The number of ketones is 2. The van der Waals surface area contributed by atoms with Gasteiger partial charge in [0.05, 0.1) is 12.0 Å². The van der Waals surface area contributed by atoms with Gasteiger partial charge in [0, 0.05) is 13.2 Å². The molecule has 0 aliphatic heterocycles. The van der Waals surface area contributed by atoms with Crippen LogP contribution in [0.15, 0.2) is 30.5 Å². The van der Waals surface area contributed by atoms with E-state index < -0.39 is 35.2 Å². The lowest BCUT2D eigenvalue weighted by atomic mass is 10.0. The second kappa shape index (κ2) is 5.09. The Kier molecular flexibility index (Phi) is 3.50. The van der Waals surface area contributed by atoms with Gasteiger partial charge in [-0.15, -0.1) is 0 Å². The molecule has 0 fully saturated rings. The lowest BCUT2D eigenvalue weighted by Crippen LogP contribution is -2.12. The highest BCUT2D eigenvalue weighted by Crippen LogP contribution is 2.15. The number of rotatable bonds is 4. The van der Waals surface area contributed by atoms with Crippen LogP contribution in [0, 0.1) is 11.6 Å². The van der Waals surface area contributed by atoms with Crippen molar-refractivity contribution in [1.82, 2.24) is 9.78 Å². The van der Waals surface area contributed by atoms with Gasteiger partial charge in [-0.25, -0.2) is 8.78 Å². The Balaban J connectivity index is 2.20. The Labute approximate surface area is 107 Å². The molecule has 0 radical (unpaired) electrons. The Hall–Kier alpha value is -2.37. The molecule has 1 aromatic carbocycles. The largest absolute Gasteiger partial charge is 0.293 e. The van der Waals surface area contributed by atoms with Crippen LogP contribution in [0.5, 0.6) is 0 Å². The zero-order valence-corrected chi connectivity index (χ0v) is 10.1. The van der Waals surface area contributed by atoms with Crippen molar-refractivity contribution in [3.05, 3.63) is 53.4 Å². The second-order valence-corrected chi connectivity index (χ2v) is 3.99. The van der Waals surface area contributed by atoms with Crippen molar-refractivity contribution in [2.24, 2.45) is 7.05 Å². The summed E-state index contributed by atoms with van der Waals surface area (Å²) in [5.41, 5.74) is -0.598. The minimum Gasteiger partial charge on any atom is -0.293 e. The molecule has 0 spiro atoms. The van der Waals surface area contributed by atoms with Gasteiger partial charge < -0.3 is 0 Å². The average Bonchev–Trinajstić information content (AvgIpc) is 2.75. The summed E-state index contributed by atoms with van der Waals surface area (Å²) < 4.78 is 28.1. The van der Waals surface area contributed by atoms with Gasteiger partial charge >= 0.3 is 0 Å². The SMILES string of the molecule is Cn1ccc(C(=O)CC(=O)c2c(F)cccc2F)n1. The van der Waals surface area contributed by atoms with Gasteiger partial charge in [-0.3, -0.25) is 14.3 Å². The molecule has 0 aliphatic carbocycles. The standard InChI is InChI=1S/C13H10F2N2O2/c1-17-6-5-10(16-17)11(18)7-12(19)13-8(14)3-2-4-9(13)15/h2-6H,7H2,1H3.